The van der Waals surface area contributed by atoms with Crippen molar-refractivity contribution >= 4 is 18.2 Å². The maximum absolute atomic E-state index is 12.7. The van der Waals surface area contributed by atoms with Gasteiger partial charge in [0.05, 0.1) is 5.56 Å². The summed E-state index contributed by atoms with van der Waals surface area (Å²) in [6.45, 7) is 5.67. The SMILES string of the molecule is C=Cc1ccc(C)c(/C=C/c2cccc(C(F)(F)F)c2)c1. The second kappa shape index (κ2) is 6.00. The molecule has 0 amide bonds. The summed E-state index contributed by atoms with van der Waals surface area (Å²) >= 11 is 0. The molecule has 0 atom stereocenters. The minimum Gasteiger partial charge on any atom is -0.166 e. The lowest BCUT2D eigenvalue weighted by molar-refractivity contribution is -0.137. The molecule has 0 aliphatic rings. The van der Waals surface area contributed by atoms with Crippen LogP contribution in [0.25, 0.3) is 18.2 Å². The van der Waals surface area contributed by atoms with E-state index in [-0.39, 0.29) is 0 Å². The van der Waals surface area contributed by atoms with E-state index in [9.17, 15) is 13.2 Å². The molecule has 21 heavy (non-hydrogen) atoms. The van der Waals surface area contributed by atoms with Crippen LogP contribution in [0.15, 0.2) is 49.0 Å². The fourth-order valence-electron chi connectivity index (χ4n) is 1.97. The Balaban J connectivity index is 2.31. The normalized spacial score (nSPS) is 11.8. The maximum Gasteiger partial charge on any atom is 0.416 e. The Morgan fingerprint density at radius 2 is 1.71 bits per heavy atom. The van der Waals surface area contributed by atoms with Crippen molar-refractivity contribution in [3.8, 4) is 0 Å². The molecule has 0 saturated heterocycles. The van der Waals surface area contributed by atoms with Crippen molar-refractivity contribution in [2.24, 2.45) is 0 Å². The molecule has 0 aromatic heterocycles. The van der Waals surface area contributed by atoms with Crippen molar-refractivity contribution in [2.75, 3.05) is 0 Å². The first-order valence-electron chi connectivity index (χ1n) is 6.48. The van der Waals surface area contributed by atoms with Crippen LogP contribution in [-0.4, -0.2) is 0 Å². The lowest BCUT2D eigenvalue weighted by atomic mass is 10.0. The van der Waals surface area contributed by atoms with Gasteiger partial charge in [0.2, 0.25) is 0 Å². The van der Waals surface area contributed by atoms with Gasteiger partial charge < -0.3 is 0 Å². The predicted octanol–water partition coefficient (Wildman–Crippen LogP) is 5.83. The summed E-state index contributed by atoms with van der Waals surface area (Å²) in [5.74, 6) is 0. The minimum absolute atomic E-state index is 0.522. The molecule has 0 spiro atoms. The smallest absolute Gasteiger partial charge is 0.166 e. The van der Waals surface area contributed by atoms with Crippen molar-refractivity contribution in [3.05, 3.63) is 76.9 Å². The van der Waals surface area contributed by atoms with Crippen LogP contribution in [-0.2, 0) is 6.18 Å². The molecule has 2 rings (SSSR count). The van der Waals surface area contributed by atoms with E-state index >= 15 is 0 Å². The van der Waals surface area contributed by atoms with Crippen molar-refractivity contribution in [3.63, 3.8) is 0 Å². The molecular formula is C18H15F3. The molecule has 0 saturated carbocycles. The summed E-state index contributed by atoms with van der Waals surface area (Å²) < 4.78 is 38.0. The van der Waals surface area contributed by atoms with Crippen LogP contribution in [0, 0.1) is 6.92 Å². The summed E-state index contributed by atoms with van der Waals surface area (Å²) in [5, 5.41) is 0. The van der Waals surface area contributed by atoms with Gasteiger partial charge in [0, 0.05) is 0 Å². The third-order valence-electron chi connectivity index (χ3n) is 3.21. The van der Waals surface area contributed by atoms with E-state index in [0.29, 0.717) is 5.56 Å². The summed E-state index contributed by atoms with van der Waals surface area (Å²) in [6.07, 6.45) is 0.922. The molecule has 2 aromatic carbocycles. The predicted molar refractivity (Wildman–Crippen MR) is 81.6 cm³/mol. The number of hydrogen-bond acceptors (Lipinski definition) is 0. The monoisotopic (exact) mass is 288 g/mol. The molecule has 0 fully saturated rings. The molecule has 0 heterocycles. The highest BCUT2D eigenvalue weighted by molar-refractivity contribution is 5.72. The van der Waals surface area contributed by atoms with Crippen LogP contribution in [0.2, 0.25) is 0 Å². The Kier molecular flexibility index (Phi) is 4.32. The quantitative estimate of drug-likeness (QED) is 0.623. The molecule has 0 unspecified atom stereocenters. The molecule has 0 bridgehead atoms. The molecule has 2 aromatic rings. The van der Waals surface area contributed by atoms with Gasteiger partial charge in [0.15, 0.2) is 0 Å². The van der Waals surface area contributed by atoms with Crippen LogP contribution in [0.1, 0.15) is 27.8 Å². The van der Waals surface area contributed by atoms with Crippen molar-refractivity contribution in [1.82, 2.24) is 0 Å². The van der Waals surface area contributed by atoms with Crippen LogP contribution >= 0.6 is 0 Å². The van der Waals surface area contributed by atoms with E-state index in [1.807, 2.05) is 31.2 Å². The number of hydrogen-bond donors (Lipinski definition) is 0. The second-order valence-corrected chi connectivity index (χ2v) is 4.78. The van der Waals surface area contributed by atoms with Gasteiger partial charge in [-0.25, -0.2) is 0 Å². The maximum atomic E-state index is 12.7. The number of benzene rings is 2. The number of rotatable bonds is 3. The van der Waals surface area contributed by atoms with Crippen LogP contribution in [0.5, 0.6) is 0 Å². The first kappa shape index (κ1) is 15.1. The van der Waals surface area contributed by atoms with Gasteiger partial charge in [-0.3, -0.25) is 0 Å². The average Bonchev–Trinajstić information content (AvgIpc) is 2.46. The zero-order chi connectivity index (χ0) is 15.5. The molecule has 108 valence electrons. The fourth-order valence-corrected chi connectivity index (χ4v) is 1.97. The minimum atomic E-state index is -4.32. The summed E-state index contributed by atoms with van der Waals surface area (Å²) in [4.78, 5) is 0. The fraction of sp³-hybridized carbons (Fsp3) is 0.111. The van der Waals surface area contributed by atoms with Crippen LogP contribution < -0.4 is 0 Å². The number of alkyl halides is 3. The van der Waals surface area contributed by atoms with Gasteiger partial charge in [-0.2, -0.15) is 13.2 Å². The third-order valence-corrected chi connectivity index (χ3v) is 3.21. The largest absolute Gasteiger partial charge is 0.416 e. The highest BCUT2D eigenvalue weighted by Crippen LogP contribution is 2.30. The first-order valence-corrected chi connectivity index (χ1v) is 6.48. The first-order chi connectivity index (χ1) is 9.90. The van der Waals surface area contributed by atoms with E-state index in [1.165, 1.54) is 6.07 Å². The molecule has 0 aliphatic carbocycles. The molecular weight excluding hydrogens is 273 g/mol. The Morgan fingerprint density at radius 3 is 2.38 bits per heavy atom. The third kappa shape index (κ3) is 3.85. The summed E-state index contributed by atoms with van der Waals surface area (Å²) in [7, 11) is 0. The standard InChI is InChI=1S/C18H15F3/c1-3-14-8-7-13(2)16(11-14)10-9-15-5-4-6-17(12-15)18(19,20)21/h3-12H,1H2,2H3/b10-9+. The van der Waals surface area contributed by atoms with Gasteiger partial charge in [-0.15, -0.1) is 0 Å². The van der Waals surface area contributed by atoms with Crippen molar-refractivity contribution in [2.45, 2.75) is 13.1 Å². The van der Waals surface area contributed by atoms with E-state index < -0.39 is 11.7 Å². The van der Waals surface area contributed by atoms with Gasteiger partial charge in [-0.1, -0.05) is 49.1 Å². The summed E-state index contributed by atoms with van der Waals surface area (Å²) in [6, 6.07) is 11.1. The zero-order valence-electron chi connectivity index (χ0n) is 11.6. The van der Waals surface area contributed by atoms with Crippen LogP contribution in [0.3, 0.4) is 0 Å². The van der Waals surface area contributed by atoms with E-state index in [2.05, 4.69) is 6.58 Å². The van der Waals surface area contributed by atoms with Gasteiger partial charge in [0.25, 0.3) is 0 Å². The molecule has 0 radical (unpaired) electrons. The molecule has 0 aliphatic heterocycles. The number of halogens is 3. The van der Waals surface area contributed by atoms with Crippen molar-refractivity contribution in [1.29, 1.82) is 0 Å². The lowest BCUT2D eigenvalue weighted by Crippen LogP contribution is -2.04. The molecule has 0 nitrogen and oxygen atoms in total. The Hall–Kier alpha value is -2.29. The zero-order valence-corrected chi connectivity index (χ0v) is 11.6. The molecule has 3 heteroatoms. The Labute approximate surface area is 122 Å². The van der Waals surface area contributed by atoms with Gasteiger partial charge in [-0.05, 0) is 47.4 Å². The van der Waals surface area contributed by atoms with Gasteiger partial charge >= 0.3 is 6.18 Å². The number of aryl methyl sites for hydroxylation is 1. The van der Waals surface area contributed by atoms with E-state index in [4.69, 9.17) is 0 Å². The Morgan fingerprint density at radius 1 is 0.952 bits per heavy atom. The second-order valence-electron chi connectivity index (χ2n) is 4.78. The van der Waals surface area contributed by atoms with Crippen LogP contribution in [0.4, 0.5) is 13.2 Å². The van der Waals surface area contributed by atoms with Crippen molar-refractivity contribution < 1.29 is 13.2 Å². The van der Waals surface area contributed by atoms with E-state index in [0.717, 1.165) is 28.8 Å². The summed E-state index contributed by atoms with van der Waals surface area (Å²) in [5.41, 5.74) is 2.88. The average molecular weight is 288 g/mol. The molecule has 0 N–H and O–H groups in total. The highest BCUT2D eigenvalue weighted by atomic mass is 19.4. The lowest BCUT2D eigenvalue weighted by Gasteiger charge is -2.07. The van der Waals surface area contributed by atoms with Gasteiger partial charge in [0.1, 0.15) is 0 Å². The highest BCUT2D eigenvalue weighted by Gasteiger charge is 2.30. The Bertz CT molecular complexity index is 679. The van der Waals surface area contributed by atoms with E-state index in [1.54, 1.807) is 18.2 Å². The topological polar surface area (TPSA) is 0 Å².